The van der Waals surface area contributed by atoms with Gasteiger partial charge in [0.25, 0.3) is 0 Å². The third-order valence-electron chi connectivity index (χ3n) is 5.32. The first-order valence-electron chi connectivity index (χ1n) is 9.97. The van der Waals surface area contributed by atoms with Crippen LogP contribution in [0.3, 0.4) is 0 Å². The summed E-state index contributed by atoms with van der Waals surface area (Å²) in [4.78, 5) is 12.6. The number of aromatic nitrogens is 2. The van der Waals surface area contributed by atoms with E-state index >= 15 is 0 Å². The van der Waals surface area contributed by atoms with Gasteiger partial charge in [0.05, 0.1) is 14.4 Å². The van der Waals surface area contributed by atoms with E-state index in [0.717, 1.165) is 46.1 Å². The molecule has 0 saturated carbocycles. The largest absolute Gasteiger partial charge is 0.396 e. The van der Waals surface area contributed by atoms with Crippen molar-refractivity contribution >= 4 is 38.9 Å². The van der Waals surface area contributed by atoms with Crippen LogP contribution >= 0.6 is 27.3 Å². The summed E-state index contributed by atoms with van der Waals surface area (Å²) in [6.07, 6.45) is 5.09. The maximum absolute atomic E-state index is 9.12. The van der Waals surface area contributed by atoms with Crippen molar-refractivity contribution in [2.75, 3.05) is 25.0 Å². The Labute approximate surface area is 184 Å². The van der Waals surface area contributed by atoms with Gasteiger partial charge in [-0.15, -0.1) is 11.3 Å². The first kappa shape index (κ1) is 20.5. The van der Waals surface area contributed by atoms with Crippen LogP contribution in [0.2, 0.25) is 0 Å². The van der Waals surface area contributed by atoms with Gasteiger partial charge in [-0.05, 0) is 90.1 Å². The summed E-state index contributed by atoms with van der Waals surface area (Å²) in [5, 5.41) is 12.5. The van der Waals surface area contributed by atoms with Crippen LogP contribution in [-0.4, -0.2) is 39.7 Å². The molecule has 0 unspecified atom stereocenters. The molecule has 29 heavy (non-hydrogen) atoms. The minimum Gasteiger partial charge on any atom is -0.396 e. The van der Waals surface area contributed by atoms with E-state index in [2.05, 4.69) is 66.4 Å². The summed E-state index contributed by atoms with van der Waals surface area (Å²) in [6.45, 7) is 3.46. The Morgan fingerprint density at radius 1 is 1.17 bits per heavy atom. The number of halogens is 1. The number of anilines is 2. The molecule has 2 N–H and O–H groups in total. The molecule has 2 aromatic heterocycles. The maximum Gasteiger partial charge on any atom is 0.227 e. The van der Waals surface area contributed by atoms with Crippen molar-refractivity contribution in [2.24, 2.45) is 5.92 Å². The fourth-order valence-corrected chi connectivity index (χ4v) is 5.11. The number of hydrogen-bond acceptors (Lipinski definition) is 6. The van der Waals surface area contributed by atoms with Crippen LogP contribution in [0.15, 0.2) is 52.4 Å². The van der Waals surface area contributed by atoms with Crippen LogP contribution in [0.4, 0.5) is 11.6 Å². The lowest BCUT2D eigenvalue weighted by Gasteiger charge is -2.31. The van der Waals surface area contributed by atoms with E-state index in [1.54, 1.807) is 17.5 Å². The SMILES string of the molecule is OCCC1CCN(Cc2cccc(Nc3nccc(-c4ccc(Br)s4)n3)c2)CC1. The average Bonchev–Trinajstić information content (AvgIpc) is 3.17. The Kier molecular flexibility index (Phi) is 6.92. The number of piperidine rings is 1. The predicted octanol–water partition coefficient (Wildman–Crippen LogP) is 5.31. The molecule has 3 heterocycles. The van der Waals surface area contributed by atoms with Gasteiger partial charge in [0.1, 0.15) is 0 Å². The van der Waals surface area contributed by atoms with Crippen molar-refractivity contribution in [3.8, 4) is 10.6 Å². The number of hydrogen-bond donors (Lipinski definition) is 2. The fourth-order valence-electron chi connectivity index (χ4n) is 3.76. The molecule has 7 heteroatoms. The Morgan fingerprint density at radius 3 is 2.79 bits per heavy atom. The fraction of sp³-hybridized carbons (Fsp3) is 0.364. The normalized spacial score (nSPS) is 15.5. The second-order valence-corrected chi connectivity index (χ2v) is 9.89. The van der Waals surface area contributed by atoms with Gasteiger partial charge < -0.3 is 10.4 Å². The molecule has 0 amide bonds. The zero-order valence-corrected chi connectivity index (χ0v) is 18.6. The van der Waals surface area contributed by atoms with Crippen molar-refractivity contribution in [1.82, 2.24) is 14.9 Å². The van der Waals surface area contributed by atoms with Crippen LogP contribution in [0.1, 0.15) is 24.8 Å². The minimum atomic E-state index is 0.311. The lowest BCUT2D eigenvalue weighted by molar-refractivity contribution is 0.153. The third-order valence-corrected chi connectivity index (χ3v) is 6.96. The monoisotopic (exact) mass is 472 g/mol. The van der Waals surface area contributed by atoms with Gasteiger partial charge in [0.15, 0.2) is 0 Å². The summed E-state index contributed by atoms with van der Waals surface area (Å²) in [6, 6.07) is 14.5. The molecule has 0 spiro atoms. The van der Waals surface area contributed by atoms with E-state index in [9.17, 15) is 0 Å². The molecule has 1 aliphatic heterocycles. The number of likely N-dealkylation sites (tertiary alicyclic amines) is 1. The zero-order valence-electron chi connectivity index (χ0n) is 16.2. The number of nitrogens with one attached hydrogen (secondary N) is 1. The minimum absolute atomic E-state index is 0.311. The highest BCUT2D eigenvalue weighted by atomic mass is 79.9. The molecule has 3 aromatic rings. The van der Waals surface area contributed by atoms with Crippen molar-refractivity contribution in [3.05, 3.63) is 58.0 Å². The molecule has 4 rings (SSSR count). The average molecular weight is 473 g/mol. The molecule has 0 aliphatic carbocycles. The number of benzene rings is 1. The van der Waals surface area contributed by atoms with Gasteiger partial charge in [-0.25, -0.2) is 9.97 Å². The molecule has 0 bridgehead atoms. The molecule has 1 aromatic carbocycles. The number of nitrogens with zero attached hydrogens (tertiary/aromatic N) is 3. The van der Waals surface area contributed by atoms with Crippen LogP contribution in [0.5, 0.6) is 0 Å². The van der Waals surface area contributed by atoms with Gasteiger partial charge in [0.2, 0.25) is 5.95 Å². The predicted molar refractivity (Wildman–Crippen MR) is 122 cm³/mol. The molecule has 0 atom stereocenters. The molecule has 1 saturated heterocycles. The van der Waals surface area contributed by atoms with E-state index in [1.807, 2.05) is 12.1 Å². The highest BCUT2D eigenvalue weighted by Gasteiger charge is 2.18. The maximum atomic E-state index is 9.12. The highest BCUT2D eigenvalue weighted by Crippen LogP contribution is 2.30. The number of aliphatic hydroxyl groups excluding tert-OH is 1. The van der Waals surface area contributed by atoms with Gasteiger partial charge >= 0.3 is 0 Å². The lowest BCUT2D eigenvalue weighted by atomic mass is 9.94. The smallest absolute Gasteiger partial charge is 0.227 e. The summed E-state index contributed by atoms with van der Waals surface area (Å²) < 4.78 is 1.09. The summed E-state index contributed by atoms with van der Waals surface area (Å²) in [5.41, 5.74) is 3.20. The molecular weight excluding hydrogens is 448 g/mol. The van der Waals surface area contributed by atoms with Gasteiger partial charge in [-0.2, -0.15) is 0 Å². The second kappa shape index (κ2) is 9.80. The second-order valence-electron chi connectivity index (χ2n) is 7.43. The van der Waals surface area contributed by atoms with Gasteiger partial charge in [-0.3, -0.25) is 4.90 Å². The van der Waals surface area contributed by atoms with Crippen LogP contribution in [0.25, 0.3) is 10.6 Å². The quantitative estimate of drug-likeness (QED) is 0.487. The standard InChI is InChI=1S/C22H25BrN4OS/c23-21-5-4-20(29-21)19-6-10-24-22(26-19)25-18-3-1-2-17(14-18)15-27-11-7-16(8-12-27)9-13-28/h1-6,10,14,16,28H,7-9,11-13,15H2,(H,24,25,26). The van der Waals surface area contributed by atoms with Gasteiger partial charge in [0, 0.05) is 25.0 Å². The van der Waals surface area contributed by atoms with E-state index < -0.39 is 0 Å². The Balaban J connectivity index is 1.39. The molecule has 152 valence electrons. The van der Waals surface area contributed by atoms with Crippen molar-refractivity contribution in [3.63, 3.8) is 0 Å². The summed E-state index contributed by atoms with van der Waals surface area (Å²) in [5.74, 6) is 1.28. The number of rotatable bonds is 7. The zero-order chi connectivity index (χ0) is 20.1. The Morgan fingerprint density at radius 2 is 2.03 bits per heavy atom. The van der Waals surface area contributed by atoms with Crippen molar-refractivity contribution < 1.29 is 5.11 Å². The highest BCUT2D eigenvalue weighted by molar-refractivity contribution is 9.11. The van der Waals surface area contributed by atoms with E-state index in [-0.39, 0.29) is 0 Å². The van der Waals surface area contributed by atoms with E-state index in [4.69, 9.17) is 5.11 Å². The Hall–Kier alpha value is -1.80. The number of aliphatic hydroxyl groups is 1. The van der Waals surface area contributed by atoms with E-state index in [0.29, 0.717) is 18.5 Å². The van der Waals surface area contributed by atoms with Gasteiger partial charge in [-0.1, -0.05) is 12.1 Å². The van der Waals surface area contributed by atoms with Crippen molar-refractivity contribution in [2.45, 2.75) is 25.8 Å². The van der Waals surface area contributed by atoms with E-state index in [1.165, 1.54) is 18.4 Å². The summed E-state index contributed by atoms with van der Waals surface area (Å²) >= 11 is 5.17. The molecule has 1 aliphatic rings. The molecule has 5 nitrogen and oxygen atoms in total. The Bertz CT molecular complexity index is 940. The first-order valence-corrected chi connectivity index (χ1v) is 11.6. The lowest BCUT2D eigenvalue weighted by Crippen LogP contribution is -2.33. The third kappa shape index (κ3) is 5.63. The molecule has 1 fully saturated rings. The van der Waals surface area contributed by atoms with Crippen molar-refractivity contribution in [1.29, 1.82) is 0 Å². The molecular formula is C22H25BrN4OS. The van der Waals surface area contributed by atoms with Crippen LogP contribution < -0.4 is 5.32 Å². The first-order chi connectivity index (χ1) is 14.2. The van der Waals surface area contributed by atoms with Crippen LogP contribution in [-0.2, 0) is 6.54 Å². The molecule has 0 radical (unpaired) electrons. The number of thiophene rings is 1. The topological polar surface area (TPSA) is 61.3 Å². The van der Waals surface area contributed by atoms with Crippen LogP contribution in [0, 0.1) is 5.92 Å². The summed E-state index contributed by atoms with van der Waals surface area (Å²) in [7, 11) is 0.